The van der Waals surface area contributed by atoms with Gasteiger partial charge in [-0.05, 0) is 35.4 Å². The molecule has 2 aromatic heterocycles. The van der Waals surface area contributed by atoms with Crippen molar-refractivity contribution in [2.75, 3.05) is 14.2 Å². The van der Waals surface area contributed by atoms with E-state index in [1.54, 1.807) is 26.9 Å². The minimum absolute atomic E-state index is 0.0940. The monoisotopic (exact) mass is 481 g/mol. The Labute approximate surface area is 198 Å². The molecule has 0 aliphatic heterocycles. The maximum Gasteiger partial charge on any atom is 0.698 e. The predicted octanol–water partition coefficient (Wildman–Crippen LogP) is 4.58. The lowest BCUT2D eigenvalue weighted by molar-refractivity contribution is 0.209. The van der Waals surface area contributed by atoms with Gasteiger partial charge in [-0.3, -0.25) is 0 Å². The molecule has 10 heteroatoms. The first kappa shape index (κ1) is 23.6. The lowest BCUT2D eigenvalue weighted by Gasteiger charge is -2.04. The fourth-order valence-corrected chi connectivity index (χ4v) is 3.84. The molecule has 0 saturated carbocycles. The minimum atomic E-state index is -2.29. The van der Waals surface area contributed by atoms with Crippen LogP contribution in [-0.4, -0.2) is 33.3 Å². The number of benzene rings is 2. The second-order valence-electron chi connectivity index (χ2n) is 7.54. The summed E-state index contributed by atoms with van der Waals surface area (Å²) in [6.45, 7) is 1.52. The highest BCUT2D eigenvalue weighted by Crippen LogP contribution is 2.27. The maximum absolute atomic E-state index is 12.1. The predicted molar refractivity (Wildman–Crippen MR) is 126 cm³/mol. The molecule has 0 aliphatic rings. The van der Waals surface area contributed by atoms with Crippen molar-refractivity contribution in [1.82, 2.24) is 19.1 Å². The number of nitrogens with zero attached hydrogens (tertiary/aromatic N) is 4. The van der Waals surface area contributed by atoms with Crippen molar-refractivity contribution in [3.63, 3.8) is 0 Å². The average molecular weight is 481 g/mol. The van der Waals surface area contributed by atoms with Gasteiger partial charge < -0.3 is 18.6 Å². The van der Waals surface area contributed by atoms with Gasteiger partial charge in [-0.1, -0.05) is 24.3 Å². The van der Waals surface area contributed by atoms with Gasteiger partial charge in [0.1, 0.15) is 24.7 Å². The number of hydrogen-bond acceptors (Lipinski definition) is 7. The van der Waals surface area contributed by atoms with Crippen LogP contribution >= 0.6 is 8.25 Å². The number of imidazole rings is 2. The summed E-state index contributed by atoms with van der Waals surface area (Å²) in [7, 11) is 0.989. The Balaban J connectivity index is 1.19. The summed E-state index contributed by atoms with van der Waals surface area (Å²) >= 11 is 0. The van der Waals surface area contributed by atoms with Crippen LogP contribution < -0.4 is 9.47 Å². The zero-order valence-electron chi connectivity index (χ0n) is 19.0. The smallest absolute Gasteiger partial charge is 0.497 e. The maximum atomic E-state index is 12.1. The van der Waals surface area contributed by atoms with Crippen molar-refractivity contribution in [3.05, 3.63) is 96.1 Å². The molecule has 9 nitrogen and oxygen atoms in total. The minimum Gasteiger partial charge on any atom is -0.497 e. The summed E-state index contributed by atoms with van der Waals surface area (Å²) in [6, 6.07) is 15.7. The largest absolute Gasteiger partial charge is 0.698 e. The first-order valence-corrected chi connectivity index (χ1v) is 11.7. The zero-order valence-corrected chi connectivity index (χ0v) is 19.9. The third-order valence-electron chi connectivity index (χ3n) is 5.06. The normalized spacial score (nSPS) is 10.9. The standard InChI is InChI=1S/C24H26N4O5P/c1-30-23-7-3-19(4-8-23)11-27-13-21(25-17-27)15-32-34(29)33-16-22-14-28(18-26-22)12-20-5-9-24(31-2)10-6-20/h3-10,13-14,17-18H,11-12,15-16H2,1-2H3/q+1. The topological polar surface area (TPSA) is 89.6 Å². The lowest BCUT2D eigenvalue weighted by atomic mass is 10.2. The molecule has 34 heavy (non-hydrogen) atoms. The van der Waals surface area contributed by atoms with E-state index in [4.69, 9.17) is 18.5 Å². The molecule has 4 rings (SSSR count). The van der Waals surface area contributed by atoms with Crippen molar-refractivity contribution in [1.29, 1.82) is 0 Å². The fourth-order valence-electron chi connectivity index (χ4n) is 3.29. The van der Waals surface area contributed by atoms with Gasteiger partial charge in [-0.2, -0.15) is 0 Å². The highest BCUT2D eigenvalue weighted by molar-refractivity contribution is 7.33. The van der Waals surface area contributed by atoms with E-state index in [-0.39, 0.29) is 13.2 Å². The van der Waals surface area contributed by atoms with Gasteiger partial charge in [-0.15, -0.1) is 9.05 Å². The third kappa shape index (κ3) is 6.74. The fraction of sp³-hybridized carbons (Fsp3) is 0.250. The van der Waals surface area contributed by atoms with Crippen molar-refractivity contribution < 1.29 is 23.1 Å². The van der Waals surface area contributed by atoms with Crippen LogP contribution in [0.15, 0.2) is 73.6 Å². The third-order valence-corrected chi connectivity index (χ3v) is 5.74. The van der Waals surface area contributed by atoms with E-state index < -0.39 is 8.25 Å². The molecule has 0 fully saturated rings. The van der Waals surface area contributed by atoms with Crippen LogP contribution in [0.4, 0.5) is 0 Å². The van der Waals surface area contributed by atoms with Crippen molar-refractivity contribution in [2.45, 2.75) is 26.3 Å². The van der Waals surface area contributed by atoms with Gasteiger partial charge in [0.25, 0.3) is 0 Å². The van der Waals surface area contributed by atoms with Crippen LogP contribution in [0, 0.1) is 0 Å². The molecule has 0 aliphatic carbocycles. The van der Waals surface area contributed by atoms with Crippen LogP contribution in [0.1, 0.15) is 22.5 Å². The van der Waals surface area contributed by atoms with Crippen LogP contribution in [0.25, 0.3) is 0 Å². The Morgan fingerprint density at radius 1 is 0.706 bits per heavy atom. The van der Waals surface area contributed by atoms with Crippen LogP contribution in [0.2, 0.25) is 0 Å². The van der Waals surface area contributed by atoms with E-state index in [1.807, 2.05) is 70.1 Å². The van der Waals surface area contributed by atoms with Gasteiger partial charge in [0.15, 0.2) is 0 Å². The van der Waals surface area contributed by atoms with Gasteiger partial charge in [-0.25, -0.2) is 9.97 Å². The molecule has 2 aromatic carbocycles. The molecule has 0 saturated heterocycles. The SMILES string of the molecule is COc1ccc(Cn2cnc(CO[P+](=O)OCc3cn(Cc4ccc(OC)cc4)cn3)c2)cc1. The number of rotatable bonds is 12. The summed E-state index contributed by atoms with van der Waals surface area (Å²) in [5, 5.41) is 0. The molecule has 0 amide bonds. The molecule has 0 N–H and O–H groups in total. The van der Waals surface area contributed by atoms with Gasteiger partial charge in [0.05, 0.1) is 38.3 Å². The highest BCUT2D eigenvalue weighted by atomic mass is 31.1. The van der Waals surface area contributed by atoms with E-state index in [0.717, 1.165) is 22.6 Å². The second kappa shape index (κ2) is 11.6. The first-order valence-electron chi connectivity index (χ1n) is 10.6. The van der Waals surface area contributed by atoms with Crippen LogP contribution in [0.5, 0.6) is 11.5 Å². The number of ether oxygens (including phenoxy) is 2. The van der Waals surface area contributed by atoms with Crippen LogP contribution in [-0.2, 0) is 39.9 Å². The summed E-state index contributed by atoms with van der Waals surface area (Å²) in [5.41, 5.74) is 3.58. The quantitative estimate of drug-likeness (QED) is 0.274. The first-order chi connectivity index (χ1) is 16.6. The van der Waals surface area contributed by atoms with E-state index >= 15 is 0 Å². The van der Waals surface area contributed by atoms with E-state index in [2.05, 4.69) is 9.97 Å². The summed E-state index contributed by atoms with van der Waals surface area (Å²) in [4.78, 5) is 8.59. The molecular weight excluding hydrogens is 455 g/mol. The lowest BCUT2D eigenvalue weighted by Crippen LogP contribution is -1.97. The van der Waals surface area contributed by atoms with Crippen molar-refractivity contribution in [3.8, 4) is 11.5 Å². The Morgan fingerprint density at radius 2 is 1.12 bits per heavy atom. The molecular formula is C24H26N4O5P+. The molecule has 0 atom stereocenters. The summed E-state index contributed by atoms with van der Waals surface area (Å²) in [5.74, 6) is 1.63. The Kier molecular flexibility index (Phi) is 8.04. The molecule has 0 radical (unpaired) electrons. The van der Waals surface area contributed by atoms with Crippen molar-refractivity contribution in [2.24, 2.45) is 0 Å². The molecule has 0 spiro atoms. The molecule has 176 valence electrons. The van der Waals surface area contributed by atoms with Gasteiger partial charge in [0.2, 0.25) is 0 Å². The highest BCUT2D eigenvalue weighted by Gasteiger charge is 2.22. The number of aromatic nitrogens is 4. The molecule has 2 heterocycles. The van der Waals surface area contributed by atoms with Crippen LogP contribution in [0.3, 0.4) is 0 Å². The Morgan fingerprint density at radius 3 is 1.50 bits per heavy atom. The van der Waals surface area contributed by atoms with Crippen molar-refractivity contribution >= 4 is 8.25 Å². The average Bonchev–Trinajstić information content (AvgIpc) is 3.51. The second-order valence-corrected chi connectivity index (χ2v) is 8.50. The Bertz CT molecular complexity index is 1110. The van der Waals surface area contributed by atoms with E-state index in [9.17, 15) is 4.57 Å². The van der Waals surface area contributed by atoms with Gasteiger partial charge >= 0.3 is 8.25 Å². The molecule has 4 aromatic rings. The van der Waals surface area contributed by atoms with E-state index in [1.165, 1.54) is 0 Å². The molecule has 0 unspecified atom stereocenters. The zero-order chi connectivity index (χ0) is 23.8. The molecule has 0 bridgehead atoms. The number of hydrogen-bond donors (Lipinski definition) is 0. The number of methoxy groups -OCH3 is 2. The van der Waals surface area contributed by atoms with E-state index in [0.29, 0.717) is 24.5 Å². The van der Waals surface area contributed by atoms with Gasteiger partial charge in [0, 0.05) is 30.0 Å². The Hall–Kier alpha value is -3.52. The summed E-state index contributed by atoms with van der Waals surface area (Å²) < 4.78 is 37.0. The summed E-state index contributed by atoms with van der Waals surface area (Å²) in [6.07, 6.45) is 7.14.